The van der Waals surface area contributed by atoms with Crippen molar-refractivity contribution in [3.63, 3.8) is 0 Å². The van der Waals surface area contributed by atoms with E-state index in [1.54, 1.807) is 11.8 Å². The Balaban J connectivity index is 2.47. The Labute approximate surface area is 139 Å². The van der Waals surface area contributed by atoms with Crippen molar-refractivity contribution < 1.29 is 9.90 Å². The van der Waals surface area contributed by atoms with Crippen molar-refractivity contribution in [3.8, 4) is 0 Å². The first-order valence-electron chi connectivity index (χ1n) is 6.04. The van der Waals surface area contributed by atoms with Crippen molar-refractivity contribution >= 4 is 63.1 Å². The number of aromatic nitrogens is 2. The van der Waals surface area contributed by atoms with E-state index in [-0.39, 0.29) is 11.8 Å². The number of imidazole rings is 1. The van der Waals surface area contributed by atoms with Gasteiger partial charge in [0.25, 0.3) is 0 Å². The number of nitrogens with zero attached hydrogens (tertiary/aromatic N) is 2. The van der Waals surface area contributed by atoms with Gasteiger partial charge in [0.05, 0.1) is 16.8 Å². The van der Waals surface area contributed by atoms with Gasteiger partial charge < -0.3 is 9.67 Å². The molecule has 1 unspecified atom stereocenters. The normalized spacial score (nSPS) is 12.8. The van der Waals surface area contributed by atoms with Crippen LogP contribution in [0.1, 0.15) is 13.0 Å². The number of halogens is 1. The fourth-order valence-corrected chi connectivity index (χ4v) is 3.96. The van der Waals surface area contributed by atoms with Gasteiger partial charge in [-0.3, -0.25) is 4.79 Å². The SMILES string of the molecule is CSCC(C)n1c(SCC(=O)O)nc2cc(I)ccc21. The third-order valence-corrected chi connectivity index (χ3v) is 5.22. The van der Waals surface area contributed by atoms with Gasteiger partial charge >= 0.3 is 5.97 Å². The van der Waals surface area contributed by atoms with E-state index in [0.29, 0.717) is 0 Å². The lowest BCUT2D eigenvalue weighted by atomic mass is 10.3. The molecule has 2 rings (SSSR count). The van der Waals surface area contributed by atoms with E-state index in [9.17, 15) is 4.79 Å². The Morgan fingerprint density at radius 3 is 2.95 bits per heavy atom. The summed E-state index contributed by atoms with van der Waals surface area (Å²) in [5.41, 5.74) is 2.00. The highest BCUT2D eigenvalue weighted by Gasteiger charge is 2.17. The van der Waals surface area contributed by atoms with Gasteiger partial charge in [0, 0.05) is 15.4 Å². The molecule has 2 aromatic rings. The number of hydrogen-bond donors (Lipinski definition) is 1. The molecule has 0 aliphatic rings. The first-order chi connectivity index (χ1) is 9.52. The molecule has 0 saturated carbocycles. The van der Waals surface area contributed by atoms with Gasteiger partial charge in [-0.15, -0.1) is 0 Å². The maximum absolute atomic E-state index is 10.8. The van der Waals surface area contributed by atoms with Gasteiger partial charge in [0.1, 0.15) is 0 Å². The first-order valence-corrected chi connectivity index (χ1v) is 9.49. The number of rotatable bonds is 6. The number of aliphatic carboxylic acids is 1. The summed E-state index contributed by atoms with van der Waals surface area (Å²) in [6, 6.07) is 6.43. The van der Waals surface area contributed by atoms with Gasteiger partial charge in [-0.05, 0) is 54.0 Å². The fourth-order valence-electron chi connectivity index (χ4n) is 2.02. The Bertz CT molecular complexity index is 630. The minimum absolute atomic E-state index is 0.0341. The Kier molecular flexibility index (Phi) is 5.62. The maximum Gasteiger partial charge on any atom is 0.313 e. The summed E-state index contributed by atoms with van der Waals surface area (Å²) < 4.78 is 3.28. The van der Waals surface area contributed by atoms with Gasteiger partial charge in [-0.2, -0.15) is 11.8 Å². The number of carboxylic acid groups (broad SMARTS) is 1. The number of hydrogen-bond acceptors (Lipinski definition) is 4. The zero-order valence-electron chi connectivity index (χ0n) is 11.2. The molecule has 7 heteroatoms. The highest BCUT2D eigenvalue weighted by Crippen LogP contribution is 2.29. The van der Waals surface area contributed by atoms with Gasteiger partial charge in [-0.25, -0.2) is 4.98 Å². The second kappa shape index (κ2) is 7.04. The topological polar surface area (TPSA) is 55.1 Å². The van der Waals surface area contributed by atoms with Crippen LogP contribution < -0.4 is 0 Å². The monoisotopic (exact) mass is 422 g/mol. The molecule has 1 N–H and O–H groups in total. The minimum Gasteiger partial charge on any atom is -0.481 e. The van der Waals surface area contributed by atoms with Crippen LogP contribution in [0.25, 0.3) is 11.0 Å². The molecule has 1 aromatic carbocycles. The van der Waals surface area contributed by atoms with E-state index in [1.807, 2.05) is 6.07 Å². The average molecular weight is 422 g/mol. The van der Waals surface area contributed by atoms with Crippen LogP contribution in [0.2, 0.25) is 0 Å². The van der Waals surface area contributed by atoms with Crippen molar-refractivity contribution in [1.82, 2.24) is 9.55 Å². The molecule has 0 bridgehead atoms. The molecule has 0 amide bonds. The molecule has 0 aliphatic heterocycles. The standard InChI is InChI=1S/C13H15IN2O2S2/c1-8(6-19-2)16-11-4-3-9(14)5-10(11)15-13(16)20-7-12(17)18/h3-5,8H,6-7H2,1-2H3,(H,17,18). The van der Waals surface area contributed by atoms with Crippen LogP contribution in [-0.4, -0.2) is 38.4 Å². The summed E-state index contributed by atoms with van der Waals surface area (Å²) >= 11 is 5.32. The van der Waals surface area contributed by atoms with Crippen LogP contribution in [-0.2, 0) is 4.79 Å². The number of fused-ring (bicyclic) bond motifs is 1. The van der Waals surface area contributed by atoms with E-state index >= 15 is 0 Å². The Morgan fingerprint density at radius 2 is 2.30 bits per heavy atom. The van der Waals surface area contributed by atoms with Crippen molar-refractivity contribution in [2.24, 2.45) is 0 Å². The zero-order chi connectivity index (χ0) is 14.7. The van der Waals surface area contributed by atoms with E-state index in [2.05, 4.69) is 57.5 Å². The van der Waals surface area contributed by atoms with Crippen molar-refractivity contribution in [2.45, 2.75) is 18.1 Å². The number of benzene rings is 1. The van der Waals surface area contributed by atoms with E-state index < -0.39 is 5.97 Å². The summed E-state index contributed by atoms with van der Waals surface area (Å²) in [5.74, 6) is 0.186. The van der Waals surface area contributed by atoms with Crippen LogP contribution in [0.15, 0.2) is 23.4 Å². The van der Waals surface area contributed by atoms with Crippen molar-refractivity contribution in [2.75, 3.05) is 17.8 Å². The quantitative estimate of drug-likeness (QED) is 0.568. The molecule has 108 valence electrons. The summed E-state index contributed by atoms with van der Waals surface area (Å²) in [4.78, 5) is 15.4. The Morgan fingerprint density at radius 1 is 1.55 bits per heavy atom. The summed E-state index contributed by atoms with van der Waals surface area (Å²) in [7, 11) is 0. The zero-order valence-corrected chi connectivity index (χ0v) is 15.0. The second-order valence-corrected chi connectivity index (χ2v) is 7.48. The number of carboxylic acids is 1. The predicted octanol–water partition coefficient (Wildman–Crippen LogP) is 3.74. The highest BCUT2D eigenvalue weighted by atomic mass is 127. The Hall–Kier alpha value is -0.410. The van der Waals surface area contributed by atoms with E-state index in [1.165, 1.54) is 11.8 Å². The van der Waals surface area contributed by atoms with Crippen molar-refractivity contribution in [1.29, 1.82) is 0 Å². The maximum atomic E-state index is 10.8. The van der Waals surface area contributed by atoms with Crippen LogP contribution in [0.4, 0.5) is 0 Å². The smallest absolute Gasteiger partial charge is 0.313 e. The number of carbonyl (C=O) groups is 1. The molecule has 20 heavy (non-hydrogen) atoms. The molecule has 0 spiro atoms. The predicted molar refractivity (Wildman–Crippen MR) is 93.9 cm³/mol. The first kappa shape index (κ1) is 16.0. The summed E-state index contributed by atoms with van der Waals surface area (Å²) in [5, 5.41) is 9.65. The van der Waals surface area contributed by atoms with Gasteiger partial charge in [0.15, 0.2) is 5.16 Å². The molecule has 1 atom stereocenters. The number of thioether (sulfide) groups is 2. The molecule has 0 radical (unpaired) electrons. The van der Waals surface area contributed by atoms with Crippen molar-refractivity contribution in [3.05, 3.63) is 21.8 Å². The molecule has 0 aliphatic carbocycles. The lowest BCUT2D eigenvalue weighted by Gasteiger charge is -2.16. The lowest BCUT2D eigenvalue weighted by Crippen LogP contribution is -2.10. The van der Waals surface area contributed by atoms with Gasteiger partial charge in [0.2, 0.25) is 0 Å². The summed E-state index contributed by atoms with van der Waals surface area (Å²) in [6.07, 6.45) is 2.07. The minimum atomic E-state index is -0.819. The van der Waals surface area contributed by atoms with Crippen LogP contribution in [0, 0.1) is 3.57 Å². The van der Waals surface area contributed by atoms with Crippen LogP contribution in [0.5, 0.6) is 0 Å². The molecule has 1 heterocycles. The molecular weight excluding hydrogens is 407 g/mol. The molecular formula is C13H15IN2O2S2. The highest BCUT2D eigenvalue weighted by molar-refractivity contribution is 14.1. The van der Waals surface area contributed by atoms with E-state index in [0.717, 1.165) is 25.5 Å². The largest absolute Gasteiger partial charge is 0.481 e. The summed E-state index contributed by atoms with van der Waals surface area (Å²) in [6.45, 7) is 2.14. The molecule has 4 nitrogen and oxygen atoms in total. The second-order valence-electron chi connectivity index (χ2n) is 4.38. The molecule has 0 saturated heterocycles. The lowest BCUT2D eigenvalue weighted by molar-refractivity contribution is -0.133. The third kappa shape index (κ3) is 3.62. The fraction of sp³-hybridized carbons (Fsp3) is 0.385. The van der Waals surface area contributed by atoms with E-state index in [4.69, 9.17) is 5.11 Å². The van der Waals surface area contributed by atoms with Crippen LogP contribution in [0.3, 0.4) is 0 Å². The molecule has 0 fully saturated rings. The average Bonchev–Trinajstić information content (AvgIpc) is 2.74. The van der Waals surface area contributed by atoms with Gasteiger partial charge in [-0.1, -0.05) is 11.8 Å². The molecule has 1 aromatic heterocycles. The third-order valence-electron chi connectivity index (χ3n) is 2.79. The van der Waals surface area contributed by atoms with Crippen LogP contribution >= 0.6 is 46.1 Å².